The van der Waals surface area contributed by atoms with Crippen LogP contribution in [0, 0.1) is 6.92 Å². The molecule has 1 aliphatic rings. The van der Waals surface area contributed by atoms with Crippen LogP contribution in [0.15, 0.2) is 36.4 Å². The Morgan fingerprint density at radius 1 is 1.22 bits per heavy atom. The van der Waals surface area contributed by atoms with Crippen molar-refractivity contribution < 1.29 is 19.1 Å². The molecule has 27 heavy (non-hydrogen) atoms. The van der Waals surface area contributed by atoms with Crippen molar-refractivity contribution in [1.82, 2.24) is 4.90 Å². The number of ketones is 1. The van der Waals surface area contributed by atoms with Gasteiger partial charge in [0.05, 0.1) is 12.7 Å². The highest BCUT2D eigenvalue weighted by Gasteiger charge is 2.37. The minimum Gasteiger partial charge on any atom is -0.496 e. The smallest absolute Gasteiger partial charge is 0.410 e. The molecule has 0 spiro atoms. The molecule has 142 valence electrons. The average Bonchev–Trinajstić information content (AvgIpc) is 2.62. The van der Waals surface area contributed by atoms with Gasteiger partial charge in [-0.05, 0) is 31.0 Å². The molecule has 1 saturated heterocycles. The van der Waals surface area contributed by atoms with E-state index < -0.39 is 0 Å². The number of nitrogens with zero attached hydrogens (tertiary/aromatic N) is 1. The first-order valence-electron chi connectivity index (χ1n) is 8.76. The lowest BCUT2D eigenvalue weighted by Crippen LogP contribution is -2.49. The normalized spacial score (nSPS) is 13.9. The van der Waals surface area contributed by atoms with Gasteiger partial charge in [0, 0.05) is 29.6 Å². The molecule has 0 saturated carbocycles. The summed E-state index contributed by atoms with van der Waals surface area (Å²) in [6.07, 6.45) is -0.347. The van der Waals surface area contributed by atoms with E-state index in [1.54, 1.807) is 18.1 Å². The van der Waals surface area contributed by atoms with E-state index in [0.29, 0.717) is 29.4 Å². The van der Waals surface area contributed by atoms with Crippen LogP contribution in [0.4, 0.5) is 4.79 Å². The average molecular weight is 388 g/mol. The number of Topliss-reactive ketones (excluding diaryl/α,β-unsaturated/α-hetero) is 1. The van der Waals surface area contributed by atoms with Crippen molar-refractivity contribution >= 4 is 23.5 Å². The van der Waals surface area contributed by atoms with Crippen LogP contribution in [0.5, 0.6) is 5.75 Å². The van der Waals surface area contributed by atoms with Crippen LogP contribution in [-0.4, -0.2) is 37.0 Å². The Morgan fingerprint density at radius 2 is 1.89 bits per heavy atom. The fourth-order valence-corrected chi connectivity index (χ4v) is 3.55. The molecular formula is C21H22ClNO4. The van der Waals surface area contributed by atoms with Crippen LogP contribution in [0.25, 0.3) is 0 Å². The second-order valence-electron chi connectivity index (χ2n) is 6.68. The Kier molecular flexibility index (Phi) is 5.71. The third-order valence-corrected chi connectivity index (χ3v) is 5.25. The van der Waals surface area contributed by atoms with E-state index in [1.807, 2.05) is 37.3 Å². The number of benzene rings is 2. The fourth-order valence-electron chi connectivity index (χ4n) is 3.34. The van der Waals surface area contributed by atoms with E-state index in [4.69, 9.17) is 21.1 Å². The van der Waals surface area contributed by atoms with Crippen molar-refractivity contribution in [3.05, 3.63) is 63.7 Å². The zero-order chi connectivity index (χ0) is 19.6. The van der Waals surface area contributed by atoms with Crippen LogP contribution < -0.4 is 4.74 Å². The van der Waals surface area contributed by atoms with E-state index in [0.717, 1.165) is 16.7 Å². The lowest BCUT2D eigenvalue weighted by molar-refractivity contribution is 0.0657. The van der Waals surface area contributed by atoms with Crippen LogP contribution in [0.1, 0.15) is 39.9 Å². The zero-order valence-electron chi connectivity index (χ0n) is 15.6. The maximum Gasteiger partial charge on any atom is 0.410 e. The topological polar surface area (TPSA) is 55.8 Å². The number of carbonyl (C=O) groups is 2. The predicted molar refractivity (Wildman–Crippen MR) is 104 cm³/mol. The lowest BCUT2D eigenvalue weighted by atomic mass is 9.86. The van der Waals surface area contributed by atoms with Gasteiger partial charge in [0.15, 0.2) is 5.78 Å². The zero-order valence-corrected chi connectivity index (χ0v) is 16.4. The molecule has 0 atom stereocenters. The highest BCUT2D eigenvalue weighted by Crippen LogP contribution is 2.41. The number of carbonyl (C=O) groups excluding carboxylic acids is 2. The second kappa shape index (κ2) is 8.01. The Balaban J connectivity index is 1.70. The number of amides is 1. The fraction of sp³-hybridized carbons (Fsp3) is 0.333. The molecule has 0 bridgehead atoms. The van der Waals surface area contributed by atoms with Crippen molar-refractivity contribution in [2.24, 2.45) is 0 Å². The van der Waals surface area contributed by atoms with Crippen LogP contribution in [-0.2, 0) is 11.3 Å². The first-order chi connectivity index (χ1) is 12.9. The van der Waals surface area contributed by atoms with Gasteiger partial charge in [0.1, 0.15) is 12.4 Å². The number of hydrogen-bond acceptors (Lipinski definition) is 4. The standard InChI is InChI=1S/C21H22ClNO4/c1-13-18(22)9-17(14(2)24)20(26-3)19(13)16-10-23(11-16)21(25)27-12-15-7-5-4-6-8-15/h4-9,16H,10-12H2,1-3H3. The predicted octanol–water partition coefficient (Wildman–Crippen LogP) is 4.60. The van der Waals surface area contributed by atoms with E-state index >= 15 is 0 Å². The molecule has 5 nitrogen and oxygen atoms in total. The van der Waals surface area contributed by atoms with E-state index in [2.05, 4.69) is 0 Å². The SMILES string of the molecule is COc1c(C(C)=O)cc(Cl)c(C)c1C1CN(C(=O)OCc2ccccc2)C1. The van der Waals surface area contributed by atoms with Crippen molar-refractivity contribution in [3.63, 3.8) is 0 Å². The molecule has 1 heterocycles. The molecule has 0 radical (unpaired) electrons. The summed E-state index contributed by atoms with van der Waals surface area (Å²) >= 11 is 6.32. The van der Waals surface area contributed by atoms with Gasteiger partial charge in [-0.3, -0.25) is 4.79 Å². The quantitative estimate of drug-likeness (QED) is 0.704. The number of ether oxygens (including phenoxy) is 2. The molecule has 0 aliphatic carbocycles. The Labute approximate surface area is 163 Å². The van der Waals surface area contributed by atoms with Gasteiger partial charge >= 0.3 is 6.09 Å². The summed E-state index contributed by atoms with van der Waals surface area (Å²) in [6.45, 7) is 4.64. The van der Waals surface area contributed by atoms with Gasteiger partial charge in [-0.25, -0.2) is 4.79 Å². The Bertz CT molecular complexity index is 860. The summed E-state index contributed by atoms with van der Waals surface area (Å²) in [4.78, 5) is 25.8. The highest BCUT2D eigenvalue weighted by atomic mass is 35.5. The van der Waals surface area contributed by atoms with Crippen molar-refractivity contribution in [3.8, 4) is 5.75 Å². The van der Waals surface area contributed by atoms with E-state index in [-0.39, 0.29) is 24.4 Å². The van der Waals surface area contributed by atoms with Gasteiger partial charge in [-0.15, -0.1) is 0 Å². The van der Waals surface area contributed by atoms with Gasteiger partial charge in [-0.1, -0.05) is 41.9 Å². The molecule has 1 fully saturated rings. The molecule has 1 aliphatic heterocycles. The minimum atomic E-state index is -0.347. The van der Waals surface area contributed by atoms with Gasteiger partial charge in [0.25, 0.3) is 0 Å². The minimum absolute atomic E-state index is 0.0565. The molecule has 3 rings (SSSR count). The van der Waals surface area contributed by atoms with Crippen LogP contribution >= 0.6 is 11.6 Å². The third-order valence-electron chi connectivity index (χ3n) is 4.86. The summed E-state index contributed by atoms with van der Waals surface area (Å²) in [5, 5.41) is 0.529. The summed E-state index contributed by atoms with van der Waals surface area (Å²) in [5.74, 6) is 0.501. The van der Waals surface area contributed by atoms with Gasteiger partial charge < -0.3 is 14.4 Å². The van der Waals surface area contributed by atoms with Crippen molar-refractivity contribution in [1.29, 1.82) is 0 Å². The van der Waals surface area contributed by atoms with E-state index in [1.165, 1.54) is 6.92 Å². The summed E-state index contributed by atoms with van der Waals surface area (Å²) < 4.78 is 10.9. The summed E-state index contributed by atoms with van der Waals surface area (Å²) in [6, 6.07) is 11.2. The van der Waals surface area contributed by atoms with Gasteiger partial charge in [0.2, 0.25) is 0 Å². The first kappa shape index (κ1) is 19.2. The maximum absolute atomic E-state index is 12.2. The number of methoxy groups -OCH3 is 1. The molecule has 2 aromatic carbocycles. The number of halogens is 1. The van der Waals surface area contributed by atoms with Crippen LogP contribution in [0.2, 0.25) is 5.02 Å². The molecule has 0 aromatic heterocycles. The first-order valence-corrected chi connectivity index (χ1v) is 9.13. The second-order valence-corrected chi connectivity index (χ2v) is 7.08. The molecule has 6 heteroatoms. The Morgan fingerprint density at radius 3 is 2.48 bits per heavy atom. The monoisotopic (exact) mass is 387 g/mol. The molecule has 0 N–H and O–H groups in total. The molecule has 1 amide bonds. The third kappa shape index (κ3) is 3.93. The molecular weight excluding hydrogens is 366 g/mol. The number of likely N-dealkylation sites (tertiary alicyclic amines) is 1. The van der Waals surface area contributed by atoms with E-state index in [9.17, 15) is 9.59 Å². The van der Waals surface area contributed by atoms with Crippen molar-refractivity contribution in [2.75, 3.05) is 20.2 Å². The Hall–Kier alpha value is -2.53. The van der Waals surface area contributed by atoms with Crippen LogP contribution in [0.3, 0.4) is 0 Å². The number of hydrogen-bond donors (Lipinski definition) is 0. The molecule has 2 aromatic rings. The number of rotatable bonds is 5. The maximum atomic E-state index is 12.2. The highest BCUT2D eigenvalue weighted by molar-refractivity contribution is 6.32. The summed E-state index contributed by atoms with van der Waals surface area (Å²) in [5.41, 5.74) is 3.18. The lowest BCUT2D eigenvalue weighted by Gasteiger charge is -2.40. The molecule has 0 unspecified atom stereocenters. The van der Waals surface area contributed by atoms with Gasteiger partial charge in [-0.2, -0.15) is 0 Å². The summed E-state index contributed by atoms with van der Waals surface area (Å²) in [7, 11) is 1.54. The van der Waals surface area contributed by atoms with Crippen molar-refractivity contribution in [2.45, 2.75) is 26.4 Å². The largest absolute Gasteiger partial charge is 0.496 e.